The lowest BCUT2D eigenvalue weighted by Gasteiger charge is -2.14. The maximum atomic E-state index is 13.5. The van der Waals surface area contributed by atoms with Gasteiger partial charge in [0, 0.05) is 12.1 Å². The molecule has 2 rings (SSSR count). The van der Waals surface area contributed by atoms with E-state index < -0.39 is 23.4 Å². The quantitative estimate of drug-likeness (QED) is 0.817. The second-order valence-electron chi connectivity index (χ2n) is 5.51. The van der Waals surface area contributed by atoms with Crippen LogP contribution in [0.2, 0.25) is 0 Å². The molecule has 0 aliphatic rings. The number of nitrogens with one attached hydrogen (secondary N) is 2. The summed E-state index contributed by atoms with van der Waals surface area (Å²) in [5, 5.41) is 4.64. The molecule has 0 aliphatic carbocycles. The van der Waals surface area contributed by atoms with E-state index >= 15 is 0 Å². The van der Waals surface area contributed by atoms with Crippen LogP contribution in [0.25, 0.3) is 0 Å². The van der Waals surface area contributed by atoms with E-state index in [1.165, 1.54) is 0 Å². The van der Waals surface area contributed by atoms with Gasteiger partial charge in [0.25, 0.3) is 0 Å². The van der Waals surface area contributed by atoms with Gasteiger partial charge in [0.2, 0.25) is 0 Å². The number of benzene rings is 2. The lowest BCUT2D eigenvalue weighted by molar-refractivity contribution is -0.136. The number of hydrogen-bond donors (Lipinski definition) is 2. The number of amides is 2. The molecule has 0 aromatic heterocycles. The molecule has 0 aliphatic heterocycles. The van der Waals surface area contributed by atoms with Crippen molar-refractivity contribution < 1.29 is 23.1 Å². The van der Waals surface area contributed by atoms with Gasteiger partial charge in [0.05, 0.1) is 12.8 Å². The van der Waals surface area contributed by atoms with Gasteiger partial charge in [-0.2, -0.15) is 0 Å². The van der Waals surface area contributed by atoms with Gasteiger partial charge in [-0.05, 0) is 43.2 Å². The highest BCUT2D eigenvalue weighted by Crippen LogP contribution is 2.15. The third kappa shape index (κ3) is 5.27. The molecular formula is C18H18F2N2O3. The Bertz CT molecular complexity index is 781. The van der Waals surface area contributed by atoms with Gasteiger partial charge in [0.15, 0.2) is 0 Å². The van der Waals surface area contributed by atoms with E-state index in [2.05, 4.69) is 10.6 Å². The number of methoxy groups -OCH3 is 1. The van der Waals surface area contributed by atoms with Gasteiger partial charge >= 0.3 is 11.8 Å². The molecule has 2 N–H and O–H groups in total. The summed E-state index contributed by atoms with van der Waals surface area (Å²) in [6, 6.07) is 9.67. The van der Waals surface area contributed by atoms with Crippen molar-refractivity contribution in [1.29, 1.82) is 0 Å². The molecule has 2 aromatic rings. The number of carbonyl (C=O) groups excluding carboxylic acids is 2. The largest absolute Gasteiger partial charge is 0.497 e. The highest BCUT2D eigenvalue weighted by Gasteiger charge is 2.18. The average Bonchev–Trinajstić information content (AvgIpc) is 2.57. The molecule has 132 valence electrons. The van der Waals surface area contributed by atoms with Crippen LogP contribution in [0.5, 0.6) is 5.75 Å². The van der Waals surface area contributed by atoms with Crippen molar-refractivity contribution in [3.63, 3.8) is 0 Å². The predicted octanol–water partition coefficient (Wildman–Crippen LogP) is 2.66. The summed E-state index contributed by atoms with van der Waals surface area (Å²) in [6.07, 6.45) is 0.487. The Hall–Kier alpha value is -2.96. The van der Waals surface area contributed by atoms with Crippen LogP contribution in [-0.2, 0) is 16.0 Å². The van der Waals surface area contributed by atoms with Crippen LogP contribution in [0.3, 0.4) is 0 Å². The van der Waals surface area contributed by atoms with Crippen LogP contribution < -0.4 is 15.4 Å². The minimum Gasteiger partial charge on any atom is -0.497 e. The fourth-order valence-electron chi connectivity index (χ4n) is 2.26. The molecule has 2 aromatic carbocycles. The fraction of sp³-hybridized carbons (Fsp3) is 0.222. The zero-order valence-electron chi connectivity index (χ0n) is 13.8. The van der Waals surface area contributed by atoms with Crippen molar-refractivity contribution in [3.05, 3.63) is 59.7 Å². The lowest BCUT2D eigenvalue weighted by Crippen LogP contribution is -2.41. The monoisotopic (exact) mass is 348 g/mol. The van der Waals surface area contributed by atoms with Crippen LogP contribution in [0.1, 0.15) is 12.5 Å². The Kier molecular flexibility index (Phi) is 6.05. The first-order chi connectivity index (χ1) is 11.9. The highest BCUT2D eigenvalue weighted by atomic mass is 19.1. The molecule has 0 bridgehead atoms. The molecule has 5 nitrogen and oxygen atoms in total. The number of hydrogen-bond acceptors (Lipinski definition) is 3. The number of halogens is 2. The number of anilines is 1. The van der Waals surface area contributed by atoms with Crippen molar-refractivity contribution in [2.75, 3.05) is 12.4 Å². The van der Waals surface area contributed by atoms with E-state index in [0.717, 1.165) is 17.7 Å². The van der Waals surface area contributed by atoms with Gasteiger partial charge in [-0.15, -0.1) is 0 Å². The molecule has 0 fully saturated rings. The van der Waals surface area contributed by atoms with Gasteiger partial charge in [0.1, 0.15) is 17.4 Å². The molecule has 25 heavy (non-hydrogen) atoms. The first-order valence-electron chi connectivity index (χ1n) is 7.59. The van der Waals surface area contributed by atoms with E-state index in [4.69, 9.17) is 4.74 Å². The maximum Gasteiger partial charge on any atom is 0.313 e. The molecule has 1 atom stereocenters. The molecule has 0 radical (unpaired) electrons. The third-order valence-electron chi connectivity index (χ3n) is 3.44. The SMILES string of the molecule is COc1cccc(CC(C)NC(=O)C(=O)Nc2ccc(F)cc2F)c1. The maximum absolute atomic E-state index is 13.5. The molecule has 0 saturated heterocycles. The Morgan fingerprint density at radius 2 is 1.88 bits per heavy atom. The Morgan fingerprint density at radius 1 is 1.12 bits per heavy atom. The van der Waals surface area contributed by atoms with Gasteiger partial charge in [-0.25, -0.2) is 8.78 Å². The summed E-state index contributed by atoms with van der Waals surface area (Å²) in [4.78, 5) is 23.7. The molecule has 0 saturated carbocycles. The van der Waals surface area contributed by atoms with E-state index in [1.807, 2.05) is 18.2 Å². The average molecular weight is 348 g/mol. The topological polar surface area (TPSA) is 67.4 Å². The number of ether oxygens (including phenoxy) is 1. The minimum absolute atomic E-state index is 0.262. The Morgan fingerprint density at radius 3 is 2.56 bits per heavy atom. The van der Waals surface area contributed by atoms with Crippen LogP contribution in [-0.4, -0.2) is 25.0 Å². The zero-order valence-corrected chi connectivity index (χ0v) is 13.8. The van der Waals surface area contributed by atoms with Crippen LogP contribution in [0.15, 0.2) is 42.5 Å². The molecule has 0 spiro atoms. The second kappa shape index (κ2) is 8.23. The van der Waals surface area contributed by atoms with Gasteiger partial charge in [-0.1, -0.05) is 12.1 Å². The fourth-order valence-corrected chi connectivity index (χ4v) is 2.26. The summed E-state index contributed by atoms with van der Waals surface area (Å²) in [5.74, 6) is -2.96. The van der Waals surface area contributed by atoms with E-state index in [-0.39, 0.29) is 11.7 Å². The molecule has 1 unspecified atom stereocenters. The second-order valence-corrected chi connectivity index (χ2v) is 5.51. The van der Waals surface area contributed by atoms with Gasteiger partial charge in [-0.3, -0.25) is 9.59 Å². The summed E-state index contributed by atoms with van der Waals surface area (Å²) >= 11 is 0. The normalized spacial score (nSPS) is 11.5. The van der Waals surface area contributed by atoms with E-state index in [1.54, 1.807) is 20.1 Å². The predicted molar refractivity (Wildman–Crippen MR) is 89.3 cm³/mol. The third-order valence-corrected chi connectivity index (χ3v) is 3.44. The van der Waals surface area contributed by atoms with Crippen molar-refractivity contribution >= 4 is 17.5 Å². The highest BCUT2D eigenvalue weighted by molar-refractivity contribution is 6.39. The minimum atomic E-state index is -1.02. The van der Waals surface area contributed by atoms with Crippen molar-refractivity contribution in [1.82, 2.24) is 5.32 Å². The molecular weight excluding hydrogens is 330 g/mol. The number of carbonyl (C=O) groups is 2. The summed E-state index contributed by atoms with van der Waals surface area (Å²) in [5.41, 5.74) is 0.666. The smallest absolute Gasteiger partial charge is 0.313 e. The summed E-state index contributed by atoms with van der Waals surface area (Å²) in [7, 11) is 1.56. The Balaban J connectivity index is 1.92. The Labute approximate surface area is 144 Å². The standard InChI is InChI=1S/C18H18F2N2O3/c1-11(8-12-4-3-5-14(9-12)25-2)21-17(23)18(24)22-16-7-6-13(19)10-15(16)20/h3-7,9-11H,8H2,1-2H3,(H,21,23)(H,22,24). The first-order valence-corrected chi connectivity index (χ1v) is 7.59. The lowest BCUT2D eigenvalue weighted by atomic mass is 10.1. The van der Waals surface area contributed by atoms with Crippen LogP contribution >= 0.6 is 0 Å². The van der Waals surface area contributed by atoms with Crippen molar-refractivity contribution in [2.45, 2.75) is 19.4 Å². The molecule has 0 heterocycles. The van der Waals surface area contributed by atoms with Crippen LogP contribution in [0.4, 0.5) is 14.5 Å². The van der Waals surface area contributed by atoms with E-state index in [9.17, 15) is 18.4 Å². The summed E-state index contributed by atoms with van der Waals surface area (Å²) in [6.45, 7) is 1.74. The van der Waals surface area contributed by atoms with Crippen molar-refractivity contribution in [3.8, 4) is 5.75 Å². The first kappa shape index (κ1) is 18.4. The molecule has 2 amide bonds. The van der Waals surface area contributed by atoms with Crippen LogP contribution in [0, 0.1) is 11.6 Å². The number of rotatable bonds is 5. The van der Waals surface area contributed by atoms with Crippen molar-refractivity contribution in [2.24, 2.45) is 0 Å². The zero-order chi connectivity index (χ0) is 18.4. The summed E-state index contributed by atoms with van der Waals surface area (Å²) < 4.78 is 31.5. The molecule has 7 heteroatoms. The van der Waals surface area contributed by atoms with E-state index in [0.29, 0.717) is 18.2 Å². The van der Waals surface area contributed by atoms with Gasteiger partial charge < -0.3 is 15.4 Å².